The molecule has 9 heteroatoms. The Kier molecular flexibility index (Phi) is 6.28. The number of carbonyl (C=O) groups is 1. The smallest absolute Gasteiger partial charge is 0.272 e. The second-order valence-corrected chi connectivity index (χ2v) is 7.01. The van der Waals surface area contributed by atoms with E-state index in [4.69, 9.17) is 9.15 Å². The van der Waals surface area contributed by atoms with E-state index in [9.17, 15) is 14.9 Å². The first-order valence-corrected chi connectivity index (χ1v) is 9.58. The van der Waals surface area contributed by atoms with Crippen molar-refractivity contribution in [2.24, 2.45) is 0 Å². The van der Waals surface area contributed by atoms with Crippen LogP contribution in [0.15, 0.2) is 51.5 Å². The van der Waals surface area contributed by atoms with Crippen LogP contribution in [0.1, 0.15) is 34.5 Å². The quantitative estimate of drug-likeness (QED) is 0.204. The molecule has 0 saturated heterocycles. The average Bonchev–Trinajstić information content (AvgIpc) is 3.30. The highest BCUT2D eigenvalue weighted by molar-refractivity contribution is 9.10. The standard InChI is InChI=1S/C20H18BrN3O5/c1-3-23-20(17(21)11-22-23)19(25)9-7-14-4-5-16(29-14)12-28-15-6-8-18(24(26)27)13(2)10-15/h4-11H,3,12H2,1-2H3/b9-7+. The van der Waals surface area contributed by atoms with Crippen LogP contribution >= 0.6 is 15.9 Å². The number of hydrogen-bond donors (Lipinski definition) is 0. The summed E-state index contributed by atoms with van der Waals surface area (Å²) in [6, 6.07) is 8.04. The predicted molar refractivity (Wildman–Crippen MR) is 110 cm³/mol. The number of nitrogens with zero attached hydrogens (tertiary/aromatic N) is 3. The molecule has 0 fully saturated rings. The van der Waals surface area contributed by atoms with E-state index in [0.29, 0.717) is 39.5 Å². The van der Waals surface area contributed by atoms with Gasteiger partial charge in [-0.15, -0.1) is 0 Å². The van der Waals surface area contributed by atoms with Crippen LogP contribution in [0.3, 0.4) is 0 Å². The van der Waals surface area contributed by atoms with Crippen molar-refractivity contribution in [2.75, 3.05) is 0 Å². The van der Waals surface area contributed by atoms with E-state index >= 15 is 0 Å². The minimum atomic E-state index is -0.433. The van der Waals surface area contributed by atoms with Crippen LogP contribution < -0.4 is 4.74 Å². The Bertz CT molecular complexity index is 1080. The summed E-state index contributed by atoms with van der Waals surface area (Å²) in [5.74, 6) is 1.39. The van der Waals surface area contributed by atoms with Gasteiger partial charge in [0.05, 0.1) is 15.6 Å². The number of furan rings is 1. The van der Waals surface area contributed by atoms with E-state index in [1.165, 1.54) is 12.1 Å². The number of ketones is 1. The van der Waals surface area contributed by atoms with Crippen molar-refractivity contribution >= 4 is 33.5 Å². The van der Waals surface area contributed by atoms with Gasteiger partial charge in [-0.05, 0) is 66.2 Å². The van der Waals surface area contributed by atoms with E-state index < -0.39 is 4.92 Å². The third-order valence-corrected chi connectivity index (χ3v) is 4.74. The number of carbonyl (C=O) groups excluding carboxylic acids is 1. The van der Waals surface area contributed by atoms with Gasteiger partial charge in [0, 0.05) is 18.2 Å². The van der Waals surface area contributed by atoms with Crippen LogP contribution in [0.5, 0.6) is 5.75 Å². The summed E-state index contributed by atoms with van der Waals surface area (Å²) in [6.07, 6.45) is 4.60. The number of aryl methyl sites for hydroxylation is 2. The van der Waals surface area contributed by atoms with Gasteiger partial charge < -0.3 is 9.15 Å². The number of nitro groups is 1. The molecule has 0 aliphatic rings. The average molecular weight is 460 g/mol. The van der Waals surface area contributed by atoms with Crippen molar-refractivity contribution in [1.29, 1.82) is 0 Å². The fourth-order valence-electron chi connectivity index (χ4n) is 2.72. The molecule has 0 N–H and O–H groups in total. The molecule has 3 rings (SSSR count). The first kappa shape index (κ1) is 20.5. The molecule has 0 saturated carbocycles. The SMILES string of the molecule is CCn1ncc(Br)c1C(=O)/C=C/c1ccc(COc2ccc([N+](=O)[O-])c(C)c2)o1. The molecule has 2 aromatic heterocycles. The molecule has 0 unspecified atom stereocenters. The van der Waals surface area contributed by atoms with Crippen molar-refractivity contribution in [3.63, 3.8) is 0 Å². The Labute approximate surface area is 175 Å². The van der Waals surface area contributed by atoms with E-state index in [1.54, 1.807) is 48.1 Å². The Hall–Kier alpha value is -3.20. The fraction of sp³-hybridized carbons (Fsp3) is 0.200. The number of rotatable bonds is 8. The molecule has 0 radical (unpaired) electrons. The molecular formula is C20H18BrN3O5. The molecule has 0 spiro atoms. The van der Waals surface area contributed by atoms with Crippen LogP contribution in [0.2, 0.25) is 0 Å². The predicted octanol–water partition coefficient (Wildman–Crippen LogP) is 4.95. The van der Waals surface area contributed by atoms with Gasteiger partial charge in [-0.1, -0.05) is 0 Å². The number of aromatic nitrogens is 2. The zero-order valence-corrected chi connectivity index (χ0v) is 17.4. The molecule has 0 aliphatic carbocycles. The molecule has 0 bridgehead atoms. The zero-order chi connectivity index (χ0) is 21.0. The monoisotopic (exact) mass is 459 g/mol. The van der Waals surface area contributed by atoms with Crippen LogP contribution in [0, 0.1) is 17.0 Å². The van der Waals surface area contributed by atoms with Gasteiger partial charge >= 0.3 is 0 Å². The Morgan fingerprint density at radius 3 is 2.86 bits per heavy atom. The van der Waals surface area contributed by atoms with Gasteiger partial charge in [0.1, 0.15) is 29.6 Å². The van der Waals surface area contributed by atoms with Crippen LogP contribution in [-0.4, -0.2) is 20.5 Å². The number of nitro benzene ring substituents is 1. The molecule has 0 atom stereocenters. The number of benzene rings is 1. The summed E-state index contributed by atoms with van der Waals surface area (Å²) in [7, 11) is 0. The zero-order valence-electron chi connectivity index (χ0n) is 15.8. The Balaban J connectivity index is 1.63. The number of halogens is 1. The lowest BCUT2D eigenvalue weighted by atomic mass is 10.2. The van der Waals surface area contributed by atoms with Crippen molar-refractivity contribution in [2.45, 2.75) is 27.0 Å². The van der Waals surface area contributed by atoms with Crippen molar-refractivity contribution < 1.29 is 18.9 Å². The van der Waals surface area contributed by atoms with E-state index in [0.717, 1.165) is 0 Å². The minimum Gasteiger partial charge on any atom is -0.486 e. The maximum absolute atomic E-state index is 12.4. The highest BCUT2D eigenvalue weighted by Gasteiger charge is 2.14. The lowest BCUT2D eigenvalue weighted by Crippen LogP contribution is -2.07. The van der Waals surface area contributed by atoms with Crippen molar-refractivity contribution in [3.05, 3.63) is 80.0 Å². The molecule has 3 aromatic rings. The summed E-state index contributed by atoms with van der Waals surface area (Å²) in [4.78, 5) is 22.8. The first-order chi connectivity index (χ1) is 13.9. The lowest BCUT2D eigenvalue weighted by molar-refractivity contribution is -0.385. The number of ether oxygens (including phenoxy) is 1. The molecule has 150 valence electrons. The number of allylic oxidation sites excluding steroid dienone is 1. The lowest BCUT2D eigenvalue weighted by Gasteiger charge is -2.05. The van der Waals surface area contributed by atoms with Gasteiger partial charge in [-0.3, -0.25) is 19.6 Å². The second kappa shape index (κ2) is 8.87. The largest absolute Gasteiger partial charge is 0.486 e. The molecule has 0 aliphatic heterocycles. The third kappa shape index (κ3) is 4.80. The van der Waals surface area contributed by atoms with Gasteiger partial charge in [0.25, 0.3) is 5.69 Å². The van der Waals surface area contributed by atoms with Gasteiger partial charge in [0.2, 0.25) is 5.78 Å². The normalized spacial score (nSPS) is 11.1. The molecule has 1 aromatic carbocycles. The van der Waals surface area contributed by atoms with Crippen LogP contribution in [-0.2, 0) is 13.2 Å². The maximum Gasteiger partial charge on any atom is 0.272 e. The summed E-state index contributed by atoms with van der Waals surface area (Å²) in [6.45, 7) is 4.31. The van der Waals surface area contributed by atoms with E-state index in [-0.39, 0.29) is 18.1 Å². The molecule has 8 nitrogen and oxygen atoms in total. The summed E-state index contributed by atoms with van der Waals surface area (Å²) in [5, 5.41) is 15.0. The van der Waals surface area contributed by atoms with Crippen molar-refractivity contribution in [3.8, 4) is 5.75 Å². The maximum atomic E-state index is 12.4. The summed E-state index contributed by atoms with van der Waals surface area (Å²) >= 11 is 3.33. The molecule has 29 heavy (non-hydrogen) atoms. The van der Waals surface area contributed by atoms with E-state index in [2.05, 4.69) is 21.0 Å². The van der Waals surface area contributed by atoms with Gasteiger partial charge in [0.15, 0.2) is 0 Å². The number of hydrogen-bond acceptors (Lipinski definition) is 6. The van der Waals surface area contributed by atoms with E-state index in [1.807, 2.05) is 6.92 Å². The van der Waals surface area contributed by atoms with Gasteiger partial charge in [-0.25, -0.2) is 0 Å². The Morgan fingerprint density at radius 2 is 2.17 bits per heavy atom. The van der Waals surface area contributed by atoms with Crippen LogP contribution in [0.4, 0.5) is 5.69 Å². The highest BCUT2D eigenvalue weighted by Crippen LogP contribution is 2.24. The second-order valence-electron chi connectivity index (χ2n) is 6.15. The molecule has 2 heterocycles. The highest BCUT2D eigenvalue weighted by atomic mass is 79.9. The minimum absolute atomic E-state index is 0.0449. The summed E-state index contributed by atoms with van der Waals surface area (Å²) in [5.41, 5.74) is 1.04. The van der Waals surface area contributed by atoms with Gasteiger partial charge in [-0.2, -0.15) is 5.10 Å². The Morgan fingerprint density at radius 1 is 1.38 bits per heavy atom. The summed E-state index contributed by atoms with van der Waals surface area (Å²) < 4.78 is 13.5. The first-order valence-electron chi connectivity index (χ1n) is 8.79. The van der Waals surface area contributed by atoms with Crippen molar-refractivity contribution in [1.82, 2.24) is 9.78 Å². The molecular weight excluding hydrogens is 442 g/mol. The topological polar surface area (TPSA) is 100 Å². The van der Waals surface area contributed by atoms with Crippen LogP contribution in [0.25, 0.3) is 6.08 Å². The third-order valence-electron chi connectivity index (χ3n) is 4.16. The molecule has 0 amide bonds. The fourth-order valence-corrected chi connectivity index (χ4v) is 3.21.